The summed E-state index contributed by atoms with van der Waals surface area (Å²) >= 11 is 0. The number of sulfonamides is 1. The van der Waals surface area contributed by atoms with Crippen LogP contribution in [-0.2, 0) is 14.8 Å². The van der Waals surface area contributed by atoms with Crippen LogP contribution in [-0.4, -0.2) is 34.6 Å². The minimum absolute atomic E-state index is 0.229. The van der Waals surface area contributed by atoms with Gasteiger partial charge in [-0.05, 0) is 23.6 Å². The summed E-state index contributed by atoms with van der Waals surface area (Å²) in [5.74, 6) is 0.499. The summed E-state index contributed by atoms with van der Waals surface area (Å²) in [6, 6.07) is 5.39. The number of ether oxygens (including phenoxy) is 1. The number of benzene rings is 1. The van der Waals surface area contributed by atoms with Gasteiger partial charge in [0.25, 0.3) is 10.0 Å². The zero-order valence-electron chi connectivity index (χ0n) is 11.8. The van der Waals surface area contributed by atoms with Gasteiger partial charge in [-0.3, -0.25) is 0 Å². The smallest absolute Gasteiger partial charge is 0.266 e. The van der Waals surface area contributed by atoms with Gasteiger partial charge in [0.2, 0.25) is 5.96 Å². The predicted octanol–water partition coefficient (Wildman–Crippen LogP) is 1.52. The maximum atomic E-state index is 12.2. The van der Waals surface area contributed by atoms with Crippen LogP contribution >= 0.6 is 0 Å². The van der Waals surface area contributed by atoms with Gasteiger partial charge < -0.3 is 10.1 Å². The van der Waals surface area contributed by atoms with Crippen LogP contribution in [0.5, 0.6) is 0 Å². The average molecular weight is 297 g/mol. The van der Waals surface area contributed by atoms with Crippen LogP contribution in [0.4, 0.5) is 5.69 Å². The molecule has 1 aliphatic rings. The van der Waals surface area contributed by atoms with Gasteiger partial charge in [0.05, 0.1) is 18.8 Å². The third kappa shape index (κ3) is 3.10. The van der Waals surface area contributed by atoms with E-state index >= 15 is 0 Å². The maximum Gasteiger partial charge on any atom is 0.266 e. The summed E-state index contributed by atoms with van der Waals surface area (Å²) in [4.78, 5) is 4.37. The minimum atomic E-state index is -3.57. The fourth-order valence-corrected chi connectivity index (χ4v) is 3.06. The molecule has 1 aliphatic heterocycles. The molecule has 0 bridgehead atoms. The highest BCUT2D eigenvalue weighted by atomic mass is 32.2. The molecule has 2 N–H and O–H groups in total. The second kappa shape index (κ2) is 5.80. The monoisotopic (exact) mass is 297 g/mol. The quantitative estimate of drug-likeness (QED) is 0.826. The molecule has 0 aliphatic carbocycles. The van der Waals surface area contributed by atoms with Crippen LogP contribution in [0.25, 0.3) is 0 Å². The second-order valence-corrected chi connectivity index (χ2v) is 6.51. The lowest BCUT2D eigenvalue weighted by Crippen LogP contribution is -2.41. The maximum absolute atomic E-state index is 12.2. The largest absolute Gasteiger partial charge is 0.383 e. The van der Waals surface area contributed by atoms with Crippen LogP contribution in [0.2, 0.25) is 0 Å². The van der Waals surface area contributed by atoms with Gasteiger partial charge in [-0.1, -0.05) is 19.9 Å². The molecule has 0 saturated carbocycles. The third-order valence-corrected chi connectivity index (χ3v) is 4.39. The van der Waals surface area contributed by atoms with Gasteiger partial charge >= 0.3 is 0 Å². The van der Waals surface area contributed by atoms with Crippen LogP contribution in [0.3, 0.4) is 0 Å². The van der Waals surface area contributed by atoms with E-state index in [0.717, 1.165) is 5.56 Å². The first-order valence-corrected chi connectivity index (χ1v) is 7.89. The summed E-state index contributed by atoms with van der Waals surface area (Å²) in [6.07, 6.45) is 0. The molecule has 1 heterocycles. The molecule has 0 saturated heterocycles. The van der Waals surface area contributed by atoms with Gasteiger partial charge in [0.1, 0.15) is 4.90 Å². The molecular weight excluding hydrogens is 278 g/mol. The lowest BCUT2D eigenvalue weighted by Gasteiger charge is -2.22. The summed E-state index contributed by atoms with van der Waals surface area (Å²) in [5.41, 5.74) is 1.53. The number of nitrogens with one attached hydrogen (secondary N) is 2. The summed E-state index contributed by atoms with van der Waals surface area (Å²) in [6.45, 7) is 4.87. The topological polar surface area (TPSA) is 79.8 Å². The van der Waals surface area contributed by atoms with E-state index in [0.29, 0.717) is 18.8 Å². The van der Waals surface area contributed by atoms with Crippen molar-refractivity contribution in [2.24, 2.45) is 4.99 Å². The minimum Gasteiger partial charge on any atom is -0.383 e. The van der Waals surface area contributed by atoms with Crippen molar-refractivity contribution in [1.82, 2.24) is 4.72 Å². The molecule has 0 unspecified atom stereocenters. The molecule has 0 radical (unpaired) electrons. The van der Waals surface area contributed by atoms with E-state index in [1.54, 1.807) is 19.2 Å². The molecule has 0 spiro atoms. The normalized spacial score (nSPS) is 18.5. The SMILES string of the molecule is COCCN=C1Nc2ccc(C(C)C)cc2S(=O)(=O)N1. The van der Waals surface area contributed by atoms with Gasteiger partial charge in [0, 0.05) is 7.11 Å². The van der Waals surface area contributed by atoms with Crippen molar-refractivity contribution in [2.75, 3.05) is 25.6 Å². The average Bonchev–Trinajstić information content (AvgIpc) is 2.38. The molecule has 0 atom stereocenters. The van der Waals surface area contributed by atoms with E-state index < -0.39 is 10.0 Å². The number of methoxy groups -OCH3 is 1. The zero-order chi connectivity index (χ0) is 14.8. The highest BCUT2D eigenvalue weighted by Crippen LogP contribution is 2.28. The number of rotatable bonds is 4. The fourth-order valence-electron chi connectivity index (χ4n) is 1.88. The molecule has 7 heteroatoms. The number of hydrogen-bond acceptors (Lipinski definition) is 4. The molecule has 6 nitrogen and oxygen atoms in total. The van der Waals surface area contributed by atoms with Crippen molar-refractivity contribution >= 4 is 21.7 Å². The molecule has 0 amide bonds. The number of aliphatic imine (C=N–C) groups is 1. The molecule has 20 heavy (non-hydrogen) atoms. The Kier molecular flexibility index (Phi) is 4.29. The standard InChI is InChI=1S/C13H19N3O3S/c1-9(2)10-4-5-11-12(8-10)20(17,18)16-13(15-11)14-6-7-19-3/h4-5,8-9H,6-7H2,1-3H3,(H2,14,15,16). The van der Waals surface area contributed by atoms with E-state index in [4.69, 9.17) is 4.74 Å². The third-order valence-electron chi connectivity index (χ3n) is 3.01. The van der Waals surface area contributed by atoms with E-state index in [1.165, 1.54) is 0 Å². The van der Waals surface area contributed by atoms with Crippen LogP contribution in [0.1, 0.15) is 25.3 Å². The van der Waals surface area contributed by atoms with Crippen molar-refractivity contribution in [3.8, 4) is 0 Å². The van der Waals surface area contributed by atoms with Gasteiger partial charge in [-0.15, -0.1) is 0 Å². The van der Waals surface area contributed by atoms with E-state index in [1.807, 2.05) is 19.9 Å². The van der Waals surface area contributed by atoms with Crippen LogP contribution in [0, 0.1) is 0 Å². The Bertz CT molecular complexity index is 624. The summed E-state index contributed by atoms with van der Waals surface area (Å²) in [5, 5.41) is 2.98. The van der Waals surface area contributed by atoms with E-state index in [-0.39, 0.29) is 16.8 Å². The second-order valence-electron chi connectivity index (χ2n) is 4.86. The van der Waals surface area contributed by atoms with Crippen molar-refractivity contribution in [2.45, 2.75) is 24.7 Å². The number of guanidine groups is 1. The van der Waals surface area contributed by atoms with Gasteiger partial charge in [-0.2, -0.15) is 0 Å². The van der Waals surface area contributed by atoms with Crippen molar-refractivity contribution in [3.63, 3.8) is 0 Å². The summed E-state index contributed by atoms with van der Waals surface area (Å²) in [7, 11) is -2.00. The first-order valence-electron chi connectivity index (χ1n) is 6.41. The molecule has 0 fully saturated rings. The number of hydrogen-bond donors (Lipinski definition) is 2. The lowest BCUT2D eigenvalue weighted by molar-refractivity contribution is 0.208. The molecular formula is C13H19N3O3S. The van der Waals surface area contributed by atoms with Crippen molar-refractivity contribution in [1.29, 1.82) is 0 Å². The Morgan fingerprint density at radius 2 is 2.10 bits per heavy atom. The molecule has 110 valence electrons. The van der Waals surface area contributed by atoms with E-state index in [9.17, 15) is 8.42 Å². The highest BCUT2D eigenvalue weighted by Gasteiger charge is 2.26. The van der Waals surface area contributed by atoms with Gasteiger partial charge in [-0.25, -0.2) is 18.1 Å². The number of anilines is 1. The number of nitrogens with zero attached hydrogens (tertiary/aromatic N) is 1. The Hall–Kier alpha value is -1.60. The predicted molar refractivity (Wildman–Crippen MR) is 78.7 cm³/mol. The Labute approximate surface area is 119 Å². The molecule has 2 rings (SSSR count). The number of fused-ring (bicyclic) bond motifs is 1. The van der Waals surface area contributed by atoms with Gasteiger partial charge in [0.15, 0.2) is 0 Å². The van der Waals surface area contributed by atoms with Crippen molar-refractivity contribution < 1.29 is 13.2 Å². The van der Waals surface area contributed by atoms with E-state index in [2.05, 4.69) is 15.0 Å². The fraction of sp³-hybridized carbons (Fsp3) is 0.462. The zero-order valence-corrected chi connectivity index (χ0v) is 12.6. The Morgan fingerprint density at radius 1 is 1.35 bits per heavy atom. The highest BCUT2D eigenvalue weighted by molar-refractivity contribution is 7.90. The first-order chi connectivity index (χ1) is 9.44. The van der Waals surface area contributed by atoms with Crippen molar-refractivity contribution in [3.05, 3.63) is 23.8 Å². The lowest BCUT2D eigenvalue weighted by atomic mass is 10.0. The Balaban J connectivity index is 2.35. The summed E-state index contributed by atoms with van der Waals surface area (Å²) < 4.78 is 31.8. The first kappa shape index (κ1) is 14.8. The molecule has 1 aromatic carbocycles. The molecule has 0 aromatic heterocycles. The molecule has 1 aromatic rings. The van der Waals surface area contributed by atoms with Crippen LogP contribution in [0.15, 0.2) is 28.1 Å². The Morgan fingerprint density at radius 3 is 2.75 bits per heavy atom. The van der Waals surface area contributed by atoms with Crippen LogP contribution < -0.4 is 10.0 Å².